The number of fused-ring (bicyclic) bond motifs is 2. The second kappa shape index (κ2) is 6.77. The highest BCUT2D eigenvalue weighted by Gasteiger charge is 2.29. The highest BCUT2D eigenvalue weighted by Crippen LogP contribution is 2.48. The van der Waals surface area contributed by atoms with Gasteiger partial charge in [0, 0.05) is 21.4 Å². The number of methoxy groups -OCH3 is 2. The van der Waals surface area contributed by atoms with Crippen molar-refractivity contribution in [1.82, 2.24) is 0 Å². The number of para-hydroxylation sites is 2. The van der Waals surface area contributed by atoms with Gasteiger partial charge in [-0.2, -0.15) is 0 Å². The molecule has 0 saturated heterocycles. The predicted octanol–water partition coefficient (Wildman–Crippen LogP) is 5.15. The number of carbonyl (C=O) groups is 1. The lowest BCUT2D eigenvalue weighted by molar-refractivity contribution is 0.0997. The zero-order valence-electron chi connectivity index (χ0n) is 14.4. The van der Waals surface area contributed by atoms with Crippen LogP contribution in [-0.4, -0.2) is 20.1 Å². The SMILES string of the molecule is COc1cc(OC)cc(C(=O)N2c3ccccc3Sc3ccccc32)c1. The van der Waals surface area contributed by atoms with Crippen LogP contribution in [0.1, 0.15) is 10.4 Å². The van der Waals surface area contributed by atoms with Gasteiger partial charge in [-0.1, -0.05) is 36.0 Å². The molecule has 4 nitrogen and oxygen atoms in total. The molecule has 1 aliphatic heterocycles. The molecular formula is C21H17NO3S. The summed E-state index contributed by atoms with van der Waals surface area (Å²) in [6.07, 6.45) is 0. The Hall–Kier alpha value is -2.92. The molecule has 0 aliphatic carbocycles. The summed E-state index contributed by atoms with van der Waals surface area (Å²) in [5.74, 6) is 1.05. The van der Waals surface area contributed by atoms with E-state index < -0.39 is 0 Å². The molecule has 1 aliphatic rings. The maximum atomic E-state index is 13.5. The van der Waals surface area contributed by atoms with Crippen molar-refractivity contribution in [3.05, 3.63) is 72.3 Å². The minimum Gasteiger partial charge on any atom is -0.497 e. The van der Waals surface area contributed by atoms with E-state index in [1.807, 2.05) is 48.5 Å². The molecule has 0 spiro atoms. The van der Waals surface area contributed by atoms with Crippen molar-refractivity contribution in [3.63, 3.8) is 0 Å². The highest BCUT2D eigenvalue weighted by molar-refractivity contribution is 7.99. The molecule has 0 bridgehead atoms. The molecule has 1 heterocycles. The monoisotopic (exact) mass is 363 g/mol. The third kappa shape index (κ3) is 2.80. The van der Waals surface area contributed by atoms with Gasteiger partial charge in [-0.15, -0.1) is 0 Å². The van der Waals surface area contributed by atoms with E-state index in [0.29, 0.717) is 17.1 Å². The number of carbonyl (C=O) groups excluding carboxylic acids is 1. The van der Waals surface area contributed by atoms with Crippen LogP contribution < -0.4 is 14.4 Å². The van der Waals surface area contributed by atoms with Gasteiger partial charge in [-0.25, -0.2) is 0 Å². The first-order valence-corrected chi connectivity index (χ1v) is 8.96. The van der Waals surface area contributed by atoms with Crippen LogP contribution in [0.25, 0.3) is 0 Å². The summed E-state index contributed by atoms with van der Waals surface area (Å²) in [4.78, 5) is 17.3. The Kier molecular flexibility index (Phi) is 4.31. The standard InChI is InChI=1S/C21H17NO3S/c1-24-15-11-14(12-16(13-15)25-2)21(23)22-17-7-3-5-9-19(17)26-20-10-6-4-8-18(20)22/h3-13H,1-2H3. The number of nitrogens with zero attached hydrogens (tertiary/aromatic N) is 1. The van der Waals surface area contributed by atoms with Crippen LogP contribution >= 0.6 is 11.8 Å². The first kappa shape index (κ1) is 16.5. The third-order valence-electron chi connectivity index (χ3n) is 4.23. The van der Waals surface area contributed by atoms with Crippen molar-refractivity contribution in [2.45, 2.75) is 9.79 Å². The summed E-state index contributed by atoms with van der Waals surface area (Å²) in [5.41, 5.74) is 2.27. The number of amides is 1. The molecule has 0 fully saturated rings. The fraction of sp³-hybridized carbons (Fsp3) is 0.0952. The van der Waals surface area contributed by atoms with E-state index in [1.54, 1.807) is 49.1 Å². The van der Waals surface area contributed by atoms with Crippen molar-refractivity contribution >= 4 is 29.0 Å². The van der Waals surface area contributed by atoms with Crippen LogP contribution in [0.2, 0.25) is 0 Å². The van der Waals surface area contributed by atoms with Crippen molar-refractivity contribution < 1.29 is 14.3 Å². The Morgan fingerprint density at radius 2 is 1.31 bits per heavy atom. The topological polar surface area (TPSA) is 38.8 Å². The second-order valence-electron chi connectivity index (χ2n) is 5.78. The molecule has 0 unspecified atom stereocenters. The fourth-order valence-corrected chi connectivity index (χ4v) is 4.04. The zero-order chi connectivity index (χ0) is 18.1. The molecule has 4 rings (SSSR count). The molecule has 1 amide bonds. The quantitative estimate of drug-likeness (QED) is 0.645. The van der Waals surface area contributed by atoms with Gasteiger partial charge in [0.2, 0.25) is 0 Å². The average molecular weight is 363 g/mol. The van der Waals surface area contributed by atoms with Crippen molar-refractivity contribution in [3.8, 4) is 11.5 Å². The molecule has 0 aromatic heterocycles. The first-order chi connectivity index (χ1) is 12.7. The lowest BCUT2D eigenvalue weighted by Gasteiger charge is -2.31. The van der Waals surface area contributed by atoms with Gasteiger partial charge in [-0.3, -0.25) is 9.69 Å². The Labute approximate surface area is 156 Å². The molecule has 5 heteroatoms. The normalized spacial score (nSPS) is 12.2. The van der Waals surface area contributed by atoms with Gasteiger partial charge in [0.1, 0.15) is 11.5 Å². The van der Waals surface area contributed by atoms with E-state index in [2.05, 4.69) is 0 Å². The van der Waals surface area contributed by atoms with Gasteiger partial charge in [0.05, 0.1) is 25.6 Å². The Morgan fingerprint density at radius 1 is 0.808 bits per heavy atom. The third-order valence-corrected chi connectivity index (χ3v) is 5.36. The van der Waals surface area contributed by atoms with Crippen LogP contribution in [0.5, 0.6) is 11.5 Å². The number of benzene rings is 3. The maximum absolute atomic E-state index is 13.5. The molecule has 130 valence electrons. The number of rotatable bonds is 3. The summed E-state index contributed by atoms with van der Waals surface area (Å²) >= 11 is 1.67. The van der Waals surface area contributed by atoms with Crippen molar-refractivity contribution in [2.24, 2.45) is 0 Å². The van der Waals surface area contributed by atoms with Gasteiger partial charge < -0.3 is 9.47 Å². The Morgan fingerprint density at radius 3 is 1.81 bits per heavy atom. The van der Waals surface area contributed by atoms with Gasteiger partial charge in [0.15, 0.2) is 0 Å². The molecule has 0 saturated carbocycles. The van der Waals surface area contributed by atoms with E-state index in [4.69, 9.17) is 9.47 Å². The minimum absolute atomic E-state index is 0.123. The van der Waals surface area contributed by atoms with E-state index in [-0.39, 0.29) is 5.91 Å². The van der Waals surface area contributed by atoms with Gasteiger partial charge in [0.25, 0.3) is 5.91 Å². The highest BCUT2D eigenvalue weighted by atomic mass is 32.2. The van der Waals surface area contributed by atoms with E-state index >= 15 is 0 Å². The Bertz CT molecular complexity index is 919. The largest absolute Gasteiger partial charge is 0.497 e. The molecule has 3 aromatic rings. The predicted molar refractivity (Wildman–Crippen MR) is 103 cm³/mol. The number of hydrogen-bond acceptors (Lipinski definition) is 4. The smallest absolute Gasteiger partial charge is 0.263 e. The van der Waals surface area contributed by atoms with Gasteiger partial charge in [-0.05, 0) is 36.4 Å². The van der Waals surface area contributed by atoms with Crippen LogP contribution in [0.3, 0.4) is 0 Å². The zero-order valence-corrected chi connectivity index (χ0v) is 15.2. The molecular weight excluding hydrogens is 346 g/mol. The van der Waals surface area contributed by atoms with E-state index in [1.165, 1.54) is 0 Å². The maximum Gasteiger partial charge on any atom is 0.263 e. The average Bonchev–Trinajstić information content (AvgIpc) is 2.71. The van der Waals surface area contributed by atoms with Crippen LogP contribution in [0.4, 0.5) is 11.4 Å². The fourth-order valence-electron chi connectivity index (χ4n) is 2.98. The van der Waals surface area contributed by atoms with Crippen molar-refractivity contribution in [2.75, 3.05) is 19.1 Å². The molecule has 0 atom stereocenters. The summed E-state index contributed by atoms with van der Waals surface area (Å²) in [6.45, 7) is 0. The van der Waals surface area contributed by atoms with Crippen LogP contribution in [0.15, 0.2) is 76.5 Å². The molecule has 0 N–H and O–H groups in total. The summed E-state index contributed by atoms with van der Waals surface area (Å²) < 4.78 is 10.6. The second-order valence-corrected chi connectivity index (χ2v) is 6.86. The molecule has 0 radical (unpaired) electrons. The first-order valence-electron chi connectivity index (χ1n) is 8.14. The molecule has 3 aromatic carbocycles. The van der Waals surface area contributed by atoms with E-state index in [0.717, 1.165) is 21.2 Å². The minimum atomic E-state index is -0.123. The lowest BCUT2D eigenvalue weighted by atomic mass is 10.1. The summed E-state index contributed by atoms with van der Waals surface area (Å²) in [6, 6.07) is 21.1. The lowest BCUT2D eigenvalue weighted by Crippen LogP contribution is -2.28. The van der Waals surface area contributed by atoms with Gasteiger partial charge >= 0.3 is 0 Å². The number of hydrogen-bond donors (Lipinski definition) is 0. The number of ether oxygens (including phenoxy) is 2. The summed E-state index contributed by atoms with van der Waals surface area (Å²) in [5, 5.41) is 0. The van der Waals surface area contributed by atoms with E-state index in [9.17, 15) is 4.79 Å². The van der Waals surface area contributed by atoms with Crippen molar-refractivity contribution in [1.29, 1.82) is 0 Å². The Balaban J connectivity index is 1.86. The summed E-state index contributed by atoms with van der Waals surface area (Å²) in [7, 11) is 3.15. The molecule has 26 heavy (non-hydrogen) atoms. The van der Waals surface area contributed by atoms with Crippen LogP contribution in [0, 0.1) is 0 Å². The number of anilines is 2. The van der Waals surface area contributed by atoms with Crippen LogP contribution in [-0.2, 0) is 0 Å².